The Hall–Kier alpha value is -1.75. The first-order valence-corrected chi connectivity index (χ1v) is 6.29. The molecule has 2 rings (SSSR count). The van der Waals surface area contributed by atoms with E-state index in [2.05, 4.69) is 21.1 Å². The highest BCUT2D eigenvalue weighted by atomic mass is 79.9. The minimum atomic E-state index is -0.314. The van der Waals surface area contributed by atoms with Crippen molar-refractivity contribution >= 4 is 22.1 Å². The van der Waals surface area contributed by atoms with E-state index >= 15 is 0 Å². The van der Waals surface area contributed by atoms with Crippen molar-refractivity contribution in [2.45, 2.75) is 6.61 Å². The molecule has 5 heteroatoms. The quantitative estimate of drug-likeness (QED) is 0.607. The van der Waals surface area contributed by atoms with Crippen LogP contribution in [0.1, 0.15) is 11.1 Å². The van der Waals surface area contributed by atoms with Gasteiger partial charge in [0.2, 0.25) is 0 Å². The number of halogens is 3. The van der Waals surface area contributed by atoms with E-state index in [1.54, 1.807) is 18.2 Å². The summed E-state index contributed by atoms with van der Waals surface area (Å²) in [7, 11) is 0. The van der Waals surface area contributed by atoms with E-state index < -0.39 is 0 Å². The molecule has 0 aliphatic rings. The Balaban J connectivity index is 1.91. The van der Waals surface area contributed by atoms with Gasteiger partial charge in [-0.2, -0.15) is 0 Å². The van der Waals surface area contributed by atoms with Crippen molar-refractivity contribution in [3.05, 3.63) is 69.7 Å². The molecule has 2 nitrogen and oxygen atoms in total. The van der Waals surface area contributed by atoms with Gasteiger partial charge in [-0.15, -0.1) is 0 Å². The van der Waals surface area contributed by atoms with Crippen LogP contribution in [0.2, 0.25) is 0 Å². The third-order valence-corrected chi connectivity index (χ3v) is 3.12. The van der Waals surface area contributed by atoms with Gasteiger partial charge in [-0.05, 0) is 29.8 Å². The highest BCUT2D eigenvalue weighted by molar-refractivity contribution is 9.10. The summed E-state index contributed by atoms with van der Waals surface area (Å²) < 4.78 is 26.1. The molecule has 0 amide bonds. The second-order valence-electron chi connectivity index (χ2n) is 3.80. The van der Waals surface area contributed by atoms with Crippen molar-refractivity contribution in [2.75, 3.05) is 0 Å². The van der Waals surface area contributed by atoms with Gasteiger partial charge in [-0.25, -0.2) is 8.78 Å². The van der Waals surface area contributed by atoms with Crippen LogP contribution in [-0.2, 0) is 11.4 Å². The molecule has 2 aromatic carbocycles. The van der Waals surface area contributed by atoms with Gasteiger partial charge in [0, 0.05) is 10.0 Å². The van der Waals surface area contributed by atoms with Crippen LogP contribution in [0.15, 0.2) is 52.1 Å². The maximum Gasteiger partial charge on any atom is 0.143 e. The van der Waals surface area contributed by atoms with Gasteiger partial charge in [0.1, 0.15) is 18.2 Å². The molecule has 0 bridgehead atoms. The molecular weight excluding hydrogens is 316 g/mol. The Kier molecular flexibility index (Phi) is 4.63. The highest BCUT2D eigenvalue weighted by Gasteiger charge is 2.01. The molecule has 0 spiro atoms. The molecule has 0 atom stereocenters. The molecule has 0 aromatic heterocycles. The molecule has 0 fully saturated rings. The lowest BCUT2D eigenvalue weighted by molar-refractivity contribution is 0.131. The van der Waals surface area contributed by atoms with Gasteiger partial charge < -0.3 is 4.84 Å². The molecule has 0 aliphatic carbocycles. The zero-order valence-electron chi connectivity index (χ0n) is 9.82. The lowest BCUT2D eigenvalue weighted by Gasteiger charge is -2.02. The molecule has 0 heterocycles. The Labute approximate surface area is 117 Å². The molecule has 19 heavy (non-hydrogen) atoms. The molecule has 0 radical (unpaired) electrons. The topological polar surface area (TPSA) is 21.6 Å². The van der Waals surface area contributed by atoms with Crippen LogP contribution < -0.4 is 0 Å². The number of rotatable bonds is 4. The first-order chi connectivity index (χ1) is 9.15. The van der Waals surface area contributed by atoms with Crippen LogP contribution in [0.5, 0.6) is 0 Å². The maximum atomic E-state index is 12.9. The van der Waals surface area contributed by atoms with Crippen molar-refractivity contribution in [1.29, 1.82) is 0 Å². The van der Waals surface area contributed by atoms with Gasteiger partial charge in [-0.1, -0.05) is 39.3 Å². The molecule has 0 aliphatic heterocycles. The van der Waals surface area contributed by atoms with Gasteiger partial charge >= 0.3 is 0 Å². The molecular formula is C14H10BrF2NO. The van der Waals surface area contributed by atoms with Crippen molar-refractivity contribution in [2.24, 2.45) is 5.16 Å². The first-order valence-electron chi connectivity index (χ1n) is 5.50. The van der Waals surface area contributed by atoms with Gasteiger partial charge in [0.25, 0.3) is 0 Å². The summed E-state index contributed by atoms with van der Waals surface area (Å²) >= 11 is 3.24. The molecule has 0 saturated carbocycles. The second-order valence-corrected chi connectivity index (χ2v) is 4.65. The Morgan fingerprint density at radius 2 is 1.74 bits per heavy atom. The van der Waals surface area contributed by atoms with Crippen molar-refractivity contribution < 1.29 is 13.6 Å². The summed E-state index contributed by atoms with van der Waals surface area (Å²) in [6.07, 6.45) is 1.48. The van der Waals surface area contributed by atoms with Gasteiger partial charge in [-0.3, -0.25) is 0 Å². The predicted octanol–water partition coefficient (Wildman–Crippen LogP) is 4.28. The number of benzene rings is 2. The van der Waals surface area contributed by atoms with E-state index in [1.807, 2.05) is 0 Å². The fraction of sp³-hybridized carbons (Fsp3) is 0.0714. The standard InChI is InChI=1S/C14H10BrF2NO/c15-14-7-13(17)6-3-11(14)9-19-18-8-10-1-4-12(16)5-2-10/h1-8H,9H2/b18-8+. The SMILES string of the molecule is Fc1ccc(/C=N/OCc2ccc(F)cc2Br)cc1. The predicted molar refractivity (Wildman–Crippen MR) is 72.9 cm³/mol. The highest BCUT2D eigenvalue weighted by Crippen LogP contribution is 2.18. The summed E-state index contributed by atoms with van der Waals surface area (Å²) in [5.74, 6) is -0.612. The lowest BCUT2D eigenvalue weighted by atomic mass is 10.2. The number of hydrogen-bond acceptors (Lipinski definition) is 2. The monoisotopic (exact) mass is 325 g/mol. The Bertz CT molecular complexity index is 584. The van der Waals surface area contributed by atoms with Crippen LogP contribution >= 0.6 is 15.9 Å². The lowest BCUT2D eigenvalue weighted by Crippen LogP contribution is -1.90. The fourth-order valence-corrected chi connectivity index (χ4v) is 1.86. The molecule has 0 unspecified atom stereocenters. The van der Waals surface area contributed by atoms with E-state index in [9.17, 15) is 8.78 Å². The smallest absolute Gasteiger partial charge is 0.143 e. The largest absolute Gasteiger partial charge is 0.391 e. The van der Waals surface area contributed by atoms with Crippen molar-refractivity contribution in [3.8, 4) is 0 Å². The third kappa shape index (κ3) is 4.13. The van der Waals surface area contributed by atoms with Gasteiger partial charge in [0.15, 0.2) is 0 Å². The van der Waals surface area contributed by atoms with Crippen LogP contribution in [0.25, 0.3) is 0 Å². The normalized spacial score (nSPS) is 10.9. The zero-order chi connectivity index (χ0) is 13.7. The summed E-state index contributed by atoms with van der Waals surface area (Å²) in [6, 6.07) is 10.2. The molecule has 98 valence electrons. The number of nitrogens with zero attached hydrogens (tertiary/aromatic N) is 1. The van der Waals surface area contributed by atoms with Crippen LogP contribution in [-0.4, -0.2) is 6.21 Å². The fourth-order valence-electron chi connectivity index (χ4n) is 1.39. The van der Waals surface area contributed by atoms with Crippen LogP contribution in [0.4, 0.5) is 8.78 Å². The van der Waals surface area contributed by atoms with Crippen molar-refractivity contribution in [1.82, 2.24) is 0 Å². The third-order valence-electron chi connectivity index (χ3n) is 2.38. The van der Waals surface area contributed by atoms with Crippen LogP contribution in [0, 0.1) is 11.6 Å². The summed E-state index contributed by atoms with van der Waals surface area (Å²) in [6.45, 7) is 0.221. The van der Waals surface area contributed by atoms with Crippen molar-refractivity contribution in [3.63, 3.8) is 0 Å². The minimum absolute atomic E-state index is 0.221. The van der Waals surface area contributed by atoms with E-state index in [-0.39, 0.29) is 18.2 Å². The second kappa shape index (κ2) is 6.43. The average molecular weight is 326 g/mol. The summed E-state index contributed by atoms with van der Waals surface area (Å²) in [5.41, 5.74) is 1.53. The van der Waals surface area contributed by atoms with Crippen LogP contribution in [0.3, 0.4) is 0 Å². The maximum absolute atomic E-state index is 12.9. The van der Waals surface area contributed by atoms with E-state index in [0.717, 1.165) is 11.1 Å². The zero-order valence-corrected chi connectivity index (χ0v) is 11.4. The summed E-state index contributed by atoms with van der Waals surface area (Å²) in [4.78, 5) is 5.10. The van der Waals surface area contributed by atoms with E-state index in [1.165, 1.54) is 30.5 Å². The molecule has 2 aromatic rings. The first kappa shape index (κ1) is 13.7. The number of oxime groups is 1. The van der Waals surface area contributed by atoms with E-state index in [4.69, 9.17) is 4.84 Å². The minimum Gasteiger partial charge on any atom is -0.391 e. The van der Waals surface area contributed by atoms with E-state index in [0.29, 0.717) is 4.47 Å². The Morgan fingerprint density at radius 3 is 2.42 bits per heavy atom. The molecule has 0 N–H and O–H groups in total. The molecule has 0 saturated heterocycles. The van der Waals surface area contributed by atoms with Gasteiger partial charge in [0.05, 0.1) is 6.21 Å². The summed E-state index contributed by atoms with van der Waals surface area (Å²) in [5, 5.41) is 3.77. The average Bonchev–Trinajstić information content (AvgIpc) is 2.39. The number of hydrogen-bond donors (Lipinski definition) is 0. The Morgan fingerprint density at radius 1 is 1.05 bits per heavy atom.